The minimum Gasteiger partial charge on any atom is -0.486 e. The fourth-order valence-corrected chi connectivity index (χ4v) is 4.02. The molecule has 1 saturated heterocycles. The number of pyridine rings is 1. The van der Waals surface area contributed by atoms with Crippen LogP contribution >= 0.6 is 0 Å². The van der Waals surface area contributed by atoms with Gasteiger partial charge >= 0.3 is 0 Å². The number of aryl methyl sites for hydroxylation is 1. The van der Waals surface area contributed by atoms with Crippen molar-refractivity contribution in [3.05, 3.63) is 59.5 Å². The van der Waals surface area contributed by atoms with E-state index in [9.17, 15) is 4.79 Å². The van der Waals surface area contributed by atoms with Crippen molar-refractivity contribution in [1.82, 2.24) is 14.3 Å². The number of hydrogen-bond donors (Lipinski definition) is 0. The predicted molar refractivity (Wildman–Crippen MR) is 100 cm³/mol. The van der Waals surface area contributed by atoms with Crippen LogP contribution < -0.4 is 9.47 Å². The number of benzene rings is 1. The molecule has 2 aliphatic heterocycles. The molecule has 6 heteroatoms. The first kappa shape index (κ1) is 16.2. The topological polar surface area (TPSA) is 56.1 Å². The first-order valence-electron chi connectivity index (χ1n) is 9.36. The van der Waals surface area contributed by atoms with Gasteiger partial charge in [0.05, 0.1) is 6.04 Å². The summed E-state index contributed by atoms with van der Waals surface area (Å²) in [6.07, 6.45) is 3.77. The van der Waals surface area contributed by atoms with Crippen LogP contribution in [0.15, 0.2) is 42.6 Å². The molecule has 1 unspecified atom stereocenters. The number of rotatable bonds is 2. The third kappa shape index (κ3) is 2.72. The Balaban J connectivity index is 1.46. The molecular weight excluding hydrogens is 342 g/mol. The van der Waals surface area contributed by atoms with E-state index in [4.69, 9.17) is 9.47 Å². The summed E-state index contributed by atoms with van der Waals surface area (Å²) in [5.41, 5.74) is 3.44. The molecule has 0 bridgehead atoms. The quantitative estimate of drug-likeness (QED) is 0.700. The lowest BCUT2D eigenvalue weighted by Crippen LogP contribution is -2.31. The van der Waals surface area contributed by atoms with Crippen LogP contribution in [0.25, 0.3) is 5.65 Å². The molecule has 0 N–H and O–H groups in total. The molecule has 1 aromatic carbocycles. The number of aromatic nitrogens is 2. The van der Waals surface area contributed by atoms with E-state index in [0.717, 1.165) is 47.8 Å². The van der Waals surface area contributed by atoms with E-state index in [0.29, 0.717) is 18.9 Å². The largest absolute Gasteiger partial charge is 0.486 e. The maximum Gasteiger partial charge on any atom is 0.274 e. The van der Waals surface area contributed by atoms with Crippen LogP contribution in [0.5, 0.6) is 11.5 Å². The van der Waals surface area contributed by atoms with E-state index in [1.807, 2.05) is 58.8 Å². The van der Waals surface area contributed by atoms with Crippen molar-refractivity contribution in [2.24, 2.45) is 0 Å². The number of ether oxygens (including phenoxy) is 2. The van der Waals surface area contributed by atoms with Gasteiger partial charge in [-0.3, -0.25) is 4.79 Å². The number of nitrogens with zero attached hydrogens (tertiary/aromatic N) is 3. The van der Waals surface area contributed by atoms with Gasteiger partial charge in [0.2, 0.25) is 0 Å². The maximum absolute atomic E-state index is 13.2. The van der Waals surface area contributed by atoms with Crippen LogP contribution in [0, 0.1) is 6.92 Å². The summed E-state index contributed by atoms with van der Waals surface area (Å²) < 4.78 is 13.3. The Morgan fingerprint density at radius 2 is 2.00 bits per heavy atom. The zero-order valence-electron chi connectivity index (χ0n) is 15.2. The highest BCUT2D eigenvalue weighted by atomic mass is 16.6. The van der Waals surface area contributed by atoms with Crippen LogP contribution in [0.4, 0.5) is 0 Å². The Morgan fingerprint density at radius 3 is 2.85 bits per heavy atom. The van der Waals surface area contributed by atoms with Crippen molar-refractivity contribution in [3.8, 4) is 11.5 Å². The third-order valence-electron chi connectivity index (χ3n) is 5.38. The summed E-state index contributed by atoms with van der Waals surface area (Å²) in [5, 5.41) is 0. The van der Waals surface area contributed by atoms with Crippen LogP contribution in [0.1, 0.15) is 40.6 Å². The number of imidazole rings is 1. The van der Waals surface area contributed by atoms with Gasteiger partial charge in [-0.1, -0.05) is 12.1 Å². The van der Waals surface area contributed by atoms with Crippen LogP contribution in [-0.2, 0) is 0 Å². The van der Waals surface area contributed by atoms with Crippen molar-refractivity contribution < 1.29 is 14.3 Å². The highest BCUT2D eigenvalue weighted by Crippen LogP contribution is 2.38. The number of carbonyl (C=O) groups excluding carboxylic acids is 1. The zero-order chi connectivity index (χ0) is 18.4. The molecule has 3 aromatic rings. The molecule has 0 saturated carbocycles. The molecule has 1 fully saturated rings. The van der Waals surface area contributed by atoms with E-state index in [1.54, 1.807) is 0 Å². The molecule has 1 atom stereocenters. The molecule has 2 aliphatic rings. The van der Waals surface area contributed by atoms with Crippen molar-refractivity contribution >= 4 is 11.6 Å². The van der Waals surface area contributed by atoms with Gasteiger partial charge in [-0.25, -0.2) is 4.98 Å². The minimum absolute atomic E-state index is 0.0181. The summed E-state index contributed by atoms with van der Waals surface area (Å²) in [7, 11) is 0. The molecular formula is C21H21N3O3. The Morgan fingerprint density at radius 1 is 1.15 bits per heavy atom. The Labute approximate surface area is 157 Å². The first-order valence-corrected chi connectivity index (χ1v) is 9.36. The van der Waals surface area contributed by atoms with Gasteiger partial charge in [0.15, 0.2) is 11.5 Å². The molecule has 0 aliphatic carbocycles. The molecule has 4 heterocycles. The van der Waals surface area contributed by atoms with Gasteiger partial charge in [0.25, 0.3) is 5.91 Å². The van der Waals surface area contributed by atoms with E-state index in [1.165, 1.54) is 0 Å². The zero-order valence-corrected chi connectivity index (χ0v) is 15.2. The van der Waals surface area contributed by atoms with E-state index in [2.05, 4.69) is 4.98 Å². The average Bonchev–Trinajstić information content (AvgIpc) is 3.35. The summed E-state index contributed by atoms with van der Waals surface area (Å²) >= 11 is 0. The number of likely N-dealkylation sites (tertiary alicyclic amines) is 1. The second-order valence-corrected chi connectivity index (χ2v) is 7.08. The van der Waals surface area contributed by atoms with Gasteiger partial charge in [-0.2, -0.15) is 0 Å². The molecule has 1 amide bonds. The smallest absolute Gasteiger partial charge is 0.274 e. The summed E-state index contributed by atoms with van der Waals surface area (Å²) in [6, 6.07) is 11.9. The van der Waals surface area contributed by atoms with Crippen LogP contribution in [-0.4, -0.2) is 40.0 Å². The summed E-state index contributed by atoms with van der Waals surface area (Å²) in [6.45, 7) is 3.89. The number of carbonyl (C=O) groups is 1. The monoisotopic (exact) mass is 363 g/mol. The SMILES string of the molecule is Cc1cccc2nc(C(=O)N3CCCC3c3ccc4c(c3)OCCO4)cn12. The molecule has 138 valence electrons. The Hall–Kier alpha value is -3.02. The molecule has 5 rings (SSSR count). The van der Waals surface area contributed by atoms with Gasteiger partial charge in [0.1, 0.15) is 24.6 Å². The predicted octanol–water partition coefficient (Wildman–Crippen LogP) is 3.39. The second kappa shape index (κ2) is 6.30. The van der Waals surface area contributed by atoms with Gasteiger partial charge < -0.3 is 18.8 Å². The van der Waals surface area contributed by atoms with Gasteiger partial charge in [-0.05, 0) is 49.6 Å². The van der Waals surface area contributed by atoms with E-state index in [-0.39, 0.29) is 11.9 Å². The van der Waals surface area contributed by atoms with Crippen LogP contribution in [0.3, 0.4) is 0 Å². The normalized spacial score (nSPS) is 18.9. The summed E-state index contributed by atoms with van der Waals surface area (Å²) in [5.74, 6) is 1.52. The highest BCUT2D eigenvalue weighted by Gasteiger charge is 2.32. The lowest BCUT2D eigenvalue weighted by Gasteiger charge is -2.26. The van der Waals surface area contributed by atoms with Crippen LogP contribution in [0.2, 0.25) is 0 Å². The van der Waals surface area contributed by atoms with Crippen molar-refractivity contribution in [1.29, 1.82) is 0 Å². The Bertz CT molecular complexity index is 1030. The average molecular weight is 363 g/mol. The van der Waals surface area contributed by atoms with E-state index < -0.39 is 0 Å². The Kier molecular flexibility index (Phi) is 3.77. The van der Waals surface area contributed by atoms with Crippen molar-refractivity contribution in [3.63, 3.8) is 0 Å². The number of fused-ring (bicyclic) bond motifs is 2. The van der Waals surface area contributed by atoms with E-state index >= 15 is 0 Å². The van der Waals surface area contributed by atoms with Crippen molar-refractivity contribution in [2.75, 3.05) is 19.8 Å². The first-order chi connectivity index (χ1) is 13.2. The second-order valence-electron chi connectivity index (χ2n) is 7.08. The highest BCUT2D eigenvalue weighted by molar-refractivity contribution is 5.93. The molecule has 6 nitrogen and oxygen atoms in total. The number of hydrogen-bond acceptors (Lipinski definition) is 4. The molecule has 0 spiro atoms. The summed E-state index contributed by atoms with van der Waals surface area (Å²) in [4.78, 5) is 19.7. The fourth-order valence-electron chi connectivity index (χ4n) is 4.02. The third-order valence-corrected chi connectivity index (χ3v) is 5.38. The molecule has 2 aromatic heterocycles. The standard InChI is InChI=1S/C21H21N3O3/c1-14-4-2-6-20-22-16(13-24(14)20)21(25)23-9-3-5-17(23)15-7-8-18-19(12-15)27-11-10-26-18/h2,4,6-8,12-13,17H,3,5,9-11H2,1H3. The molecule has 0 radical (unpaired) electrons. The number of amides is 1. The minimum atomic E-state index is -0.0181. The maximum atomic E-state index is 13.2. The molecule has 27 heavy (non-hydrogen) atoms. The fraction of sp³-hybridized carbons (Fsp3) is 0.333. The lowest BCUT2D eigenvalue weighted by molar-refractivity contribution is 0.0730. The van der Waals surface area contributed by atoms with Gasteiger partial charge in [-0.15, -0.1) is 0 Å². The van der Waals surface area contributed by atoms with Crippen molar-refractivity contribution in [2.45, 2.75) is 25.8 Å². The lowest BCUT2D eigenvalue weighted by atomic mass is 10.0. The van der Waals surface area contributed by atoms with Gasteiger partial charge in [0, 0.05) is 18.4 Å².